The Kier molecular flexibility index (Phi) is 2.74. The Bertz CT molecular complexity index is 638. The molecule has 1 aliphatic rings. The monoisotopic (exact) mass is 232 g/mol. The molecule has 5 nitrogen and oxygen atoms in total. The fourth-order valence-corrected chi connectivity index (χ4v) is 1.52. The minimum atomic E-state index is -0.465. The molecular weight excluding hydrogens is 222 g/mol. The molecule has 0 aromatic carbocycles. The van der Waals surface area contributed by atoms with E-state index in [9.17, 15) is 15.5 Å². The summed E-state index contributed by atoms with van der Waals surface area (Å²) >= 11 is 0. The number of allylic oxidation sites excluding steroid dienone is 4. The van der Waals surface area contributed by atoms with Crippen LogP contribution in [0.25, 0.3) is 11.3 Å². The summed E-state index contributed by atoms with van der Waals surface area (Å²) in [6.45, 7) is 1.49. The van der Waals surface area contributed by atoms with Crippen LogP contribution in [-0.2, 0) is 0 Å². The fraction of sp³-hybridized carbons (Fsp3) is 0.0833. The van der Waals surface area contributed by atoms with E-state index in [1.165, 1.54) is 13.0 Å². The van der Waals surface area contributed by atoms with Crippen molar-refractivity contribution in [3.05, 3.63) is 57.7 Å². The lowest BCUT2D eigenvalue weighted by Crippen LogP contribution is -2.17. The van der Waals surface area contributed by atoms with Crippen LogP contribution in [0.5, 0.6) is 0 Å². The van der Waals surface area contributed by atoms with Crippen molar-refractivity contribution >= 4 is 17.0 Å². The number of nitrogens with zero attached hydrogens (tertiary/aromatic N) is 1. The van der Waals surface area contributed by atoms with E-state index in [0.29, 0.717) is 16.4 Å². The summed E-state index contributed by atoms with van der Waals surface area (Å²) in [7, 11) is 0. The average molecular weight is 232 g/mol. The highest BCUT2D eigenvalue weighted by Gasteiger charge is 2.13. The topological polar surface area (TPSA) is 82.5 Å². The van der Waals surface area contributed by atoms with E-state index in [4.69, 9.17) is 4.42 Å². The van der Waals surface area contributed by atoms with Gasteiger partial charge in [0.05, 0.1) is 5.57 Å². The van der Waals surface area contributed by atoms with Gasteiger partial charge in [0, 0.05) is 6.08 Å². The molecule has 0 atom stereocenters. The molecule has 0 radical (unpaired) electrons. The van der Waals surface area contributed by atoms with Gasteiger partial charge in [0.1, 0.15) is 11.2 Å². The van der Waals surface area contributed by atoms with Crippen LogP contribution in [0.2, 0.25) is 0 Å². The van der Waals surface area contributed by atoms with E-state index in [-0.39, 0.29) is 11.5 Å². The van der Waals surface area contributed by atoms with Gasteiger partial charge in [0.2, 0.25) is 5.71 Å². The van der Waals surface area contributed by atoms with E-state index in [1.807, 2.05) is 0 Å². The molecule has 88 valence electrons. The van der Waals surface area contributed by atoms with Crippen LogP contribution < -0.4 is 10.8 Å². The standard InChI is InChI=1S/C12H10NO4/c1-8(14)11-6-7-12(17-11)9-4-2-3-5-10(9)13(15)16/h2-7H,1H3,(H-,14,15,16)/q-1. The second-order valence-corrected chi connectivity index (χ2v) is 3.52. The van der Waals surface area contributed by atoms with E-state index in [1.54, 1.807) is 30.4 Å². The lowest BCUT2D eigenvalue weighted by Gasteiger charge is -2.09. The maximum absolute atomic E-state index is 10.8. The maximum atomic E-state index is 10.8. The Morgan fingerprint density at radius 3 is 2.53 bits per heavy atom. The van der Waals surface area contributed by atoms with Crippen LogP contribution in [0.4, 0.5) is 0 Å². The number of aliphatic hydroxyl groups is 1. The second kappa shape index (κ2) is 4.21. The summed E-state index contributed by atoms with van der Waals surface area (Å²) in [6.07, 6.45) is 6.30. The summed E-state index contributed by atoms with van der Waals surface area (Å²) in [4.78, 5) is -0.465. The molecule has 0 saturated carbocycles. The minimum Gasteiger partial charge on any atom is -0.612 e. The maximum Gasteiger partial charge on any atom is 0.233 e. The molecule has 1 aromatic rings. The van der Waals surface area contributed by atoms with Crippen LogP contribution in [0.15, 0.2) is 40.9 Å². The van der Waals surface area contributed by atoms with Crippen molar-refractivity contribution in [3.8, 4) is 0 Å². The Morgan fingerprint density at radius 2 is 1.94 bits per heavy atom. The van der Waals surface area contributed by atoms with Crippen LogP contribution >= 0.6 is 0 Å². The van der Waals surface area contributed by atoms with Crippen molar-refractivity contribution in [2.45, 2.75) is 6.92 Å². The van der Waals surface area contributed by atoms with E-state index >= 15 is 0 Å². The van der Waals surface area contributed by atoms with Gasteiger partial charge in [-0.15, -0.1) is 0 Å². The number of hydrogen-bond donors (Lipinski definition) is 1. The van der Waals surface area contributed by atoms with Crippen molar-refractivity contribution in [2.75, 3.05) is 0 Å². The molecule has 5 heteroatoms. The highest BCUT2D eigenvalue weighted by molar-refractivity contribution is 6.25. The van der Waals surface area contributed by atoms with Gasteiger partial charge >= 0.3 is 0 Å². The third kappa shape index (κ3) is 2.08. The van der Waals surface area contributed by atoms with Gasteiger partial charge in [-0.2, -0.15) is 4.90 Å². The van der Waals surface area contributed by atoms with Crippen molar-refractivity contribution < 1.29 is 14.4 Å². The van der Waals surface area contributed by atoms with E-state index < -0.39 is 4.90 Å². The van der Waals surface area contributed by atoms with Crippen LogP contribution in [-0.4, -0.2) is 15.7 Å². The summed E-state index contributed by atoms with van der Waals surface area (Å²) in [5.74, 6) is 0.0369. The third-order valence-electron chi connectivity index (χ3n) is 2.33. The molecule has 0 unspecified atom stereocenters. The zero-order chi connectivity index (χ0) is 12.4. The number of furan rings is 1. The first-order valence-electron chi connectivity index (χ1n) is 4.96. The van der Waals surface area contributed by atoms with Crippen molar-refractivity contribution in [2.24, 2.45) is 0 Å². The number of rotatable bonds is 0. The lowest BCUT2D eigenvalue weighted by atomic mass is 10.1. The van der Waals surface area contributed by atoms with E-state index in [2.05, 4.69) is 0 Å². The molecule has 0 fully saturated rings. The first kappa shape index (κ1) is 11.1. The zero-order valence-corrected chi connectivity index (χ0v) is 9.08. The van der Waals surface area contributed by atoms with Gasteiger partial charge in [-0.3, -0.25) is 0 Å². The van der Waals surface area contributed by atoms with Crippen molar-refractivity contribution in [1.82, 2.24) is 0 Å². The highest BCUT2D eigenvalue weighted by atomic mass is 16.8. The molecule has 0 amide bonds. The van der Waals surface area contributed by atoms with Crippen molar-refractivity contribution in [3.63, 3.8) is 0 Å². The zero-order valence-electron chi connectivity index (χ0n) is 9.08. The first-order valence-corrected chi connectivity index (χ1v) is 4.96. The summed E-state index contributed by atoms with van der Waals surface area (Å²) < 4.78 is 5.33. The molecular formula is C12H10NO4-. The van der Waals surface area contributed by atoms with Crippen molar-refractivity contribution in [1.29, 1.82) is 0 Å². The Labute approximate surface area is 96.8 Å². The smallest absolute Gasteiger partial charge is 0.233 e. The Morgan fingerprint density at radius 1 is 1.24 bits per heavy atom. The first-order chi connectivity index (χ1) is 8.09. The summed E-state index contributed by atoms with van der Waals surface area (Å²) in [5.41, 5.74) is 1.04. The quantitative estimate of drug-likeness (QED) is 0.527. The number of hydrogen-bond acceptors (Lipinski definition) is 4. The largest absolute Gasteiger partial charge is 0.612 e. The van der Waals surface area contributed by atoms with Gasteiger partial charge in [0.25, 0.3) is 0 Å². The number of aliphatic hydroxyl groups excluding tert-OH is 1. The average Bonchev–Trinajstić information content (AvgIpc) is 2.78. The lowest BCUT2D eigenvalue weighted by molar-refractivity contribution is -0.376. The molecule has 1 N–H and O–H groups in total. The predicted molar refractivity (Wildman–Crippen MR) is 63.4 cm³/mol. The molecule has 0 bridgehead atoms. The van der Waals surface area contributed by atoms with Gasteiger partial charge < -0.3 is 19.9 Å². The molecule has 0 spiro atoms. The SMILES string of the molecule is CC(O)=c1ccc(=C2C=CC=CC2=[N+]([O-])[O-])o1. The summed E-state index contributed by atoms with van der Waals surface area (Å²) in [5, 5.41) is 30.9. The highest BCUT2D eigenvalue weighted by Crippen LogP contribution is 2.07. The van der Waals surface area contributed by atoms with Crippen LogP contribution in [0.1, 0.15) is 6.92 Å². The Hall–Kier alpha value is -2.43. The molecule has 1 aliphatic carbocycles. The van der Waals surface area contributed by atoms with Gasteiger partial charge in [-0.05, 0) is 25.1 Å². The Balaban J connectivity index is 2.73. The van der Waals surface area contributed by atoms with Crippen LogP contribution in [0, 0.1) is 10.4 Å². The molecule has 0 saturated heterocycles. The molecule has 2 rings (SSSR count). The third-order valence-corrected chi connectivity index (χ3v) is 2.33. The second-order valence-electron chi connectivity index (χ2n) is 3.52. The minimum absolute atomic E-state index is 0.0241. The van der Waals surface area contributed by atoms with Gasteiger partial charge in [-0.25, -0.2) is 0 Å². The van der Waals surface area contributed by atoms with Gasteiger partial charge in [-0.1, -0.05) is 12.2 Å². The molecule has 1 heterocycles. The van der Waals surface area contributed by atoms with E-state index in [0.717, 1.165) is 0 Å². The van der Waals surface area contributed by atoms with Gasteiger partial charge in [0.15, 0.2) is 5.42 Å². The van der Waals surface area contributed by atoms with Crippen LogP contribution in [0.3, 0.4) is 0 Å². The molecule has 1 aromatic heterocycles. The fourth-order valence-electron chi connectivity index (χ4n) is 1.52. The normalized spacial score (nSPS) is 19.5. The molecule has 17 heavy (non-hydrogen) atoms. The predicted octanol–water partition coefficient (Wildman–Crippen LogP) is 0.692. The molecule has 0 aliphatic heterocycles. The summed E-state index contributed by atoms with van der Waals surface area (Å²) in [6, 6.07) is 3.17.